The summed E-state index contributed by atoms with van der Waals surface area (Å²) in [6.45, 7) is 0.360. The number of carbonyl (C=O) groups is 1. The van der Waals surface area contributed by atoms with Crippen LogP contribution in [0.2, 0.25) is 0 Å². The van der Waals surface area contributed by atoms with Crippen LogP contribution >= 0.6 is 0 Å². The van der Waals surface area contributed by atoms with E-state index in [0.29, 0.717) is 18.8 Å². The molecule has 1 aliphatic heterocycles. The van der Waals surface area contributed by atoms with E-state index in [4.69, 9.17) is 20.4 Å². The van der Waals surface area contributed by atoms with Gasteiger partial charge in [-0.15, -0.1) is 0 Å². The Morgan fingerprint density at radius 1 is 1.53 bits per heavy atom. The number of hydrogen-bond donors (Lipinski definition) is 3. The lowest BCUT2D eigenvalue weighted by molar-refractivity contribution is -0.132. The molecule has 104 valence electrons. The van der Waals surface area contributed by atoms with Crippen LogP contribution in [0.1, 0.15) is 18.4 Å². The van der Waals surface area contributed by atoms with Crippen molar-refractivity contribution in [3.05, 3.63) is 29.8 Å². The average Bonchev–Trinajstić information content (AvgIpc) is 2.93. The largest absolute Gasteiger partial charge is 0.491 e. The zero-order valence-electron chi connectivity index (χ0n) is 10.5. The molecule has 1 heterocycles. The molecular formula is C13H18N2O4. The van der Waals surface area contributed by atoms with Crippen molar-refractivity contribution in [2.75, 3.05) is 6.61 Å². The first-order chi connectivity index (χ1) is 9.22. The Kier molecular flexibility index (Phi) is 4.73. The third kappa shape index (κ3) is 3.66. The molecule has 1 aliphatic rings. The topological polar surface area (TPSA) is 93.8 Å². The van der Waals surface area contributed by atoms with Gasteiger partial charge < -0.3 is 14.6 Å². The fourth-order valence-electron chi connectivity index (χ4n) is 2.04. The molecule has 2 rings (SSSR count). The van der Waals surface area contributed by atoms with E-state index in [0.717, 1.165) is 12.0 Å². The van der Waals surface area contributed by atoms with Crippen LogP contribution in [0.3, 0.4) is 0 Å². The molecule has 6 nitrogen and oxygen atoms in total. The third-order valence-corrected chi connectivity index (χ3v) is 3.06. The second-order valence-corrected chi connectivity index (χ2v) is 4.45. The number of rotatable bonds is 5. The van der Waals surface area contributed by atoms with Gasteiger partial charge in [-0.3, -0.25) is 10.2 Å². The van der Waals surface area contributed by atoms with E-state index < -0.39 is 6.10 Å². The number of benzene rings is 1. The second kappa shape index (κ2) is 6.51. The Hall–Kier alpha value is -1.63. The number of carbonyl (C=O) groups excluding carboxylic acids is 1. The average molecular weight is 266 g/mol. The fraction of sp³-hybridized carbons (Fsp3) is 0.462. The maximum atomic E-state index is 11.3. The van der Waals surface area contributed by atoms with Crippen LogP contribution in [0.4, 0.5) is 0 Å². The molecule has 0 saturated carbocycles. The van der Waals surface area contributed by atoms with Gasteiger partial charge in [0.05, 0.1) is 12.7 Å². The molecule has 6 heteroatoms. The summed E-state index contributed by atoms with van der Waals surface area (Å²) in [7, 11) is 0. The van der Waals surface area contributed by atoms with Crippen molar-refractivity contribution >= 4 is 5.91 Å². The van der Waals surface area contributed by atoms with Crippen molar-refractivity contribution < 1.29 is 19.4 Å². The third-order valence-electron chi connectivity index (χ3n) is 3.06. The van der Waals surface area contributed by atoms with Gasteiger partial charge in [0.25, 0.3) is 5.91 Å². The number of nitrogens with two attached hydrogens (primary N) is 1. The number of hydrogen-bond acceptors (Lipinski definition) is 5. The molecule has 1 aromatic carbocycles. The SMILES string of the molecule is NNC(=O)C1CCC(COc2cccc(CO)c2)O1. The van der Waals surface area contributed by atoms with E-state index in [2.05, 4.69) is 5.43 Å². The molecule has 0 aromatic heterocycles. The summed E-state index contributed by atoms with van der Waals surface area (Å²) in [5.74, 6) is 5.44. The summed E-state index contributed by atoms with van der Waals surface area (Å²) in [6, 6.07) is 7.23. The van der Waals surface area contributed by atoms with Crippen LogP contribution in [0.25, 0.3) is 0 Å². The second-order valence-electron chi connectivity index (χ2n) is 4.45. The van der Waals surface area contributed by atoms with Gasteiger partial charge in [0.15, 0.2) is 0 Å². The van der Waals surface area contributed by atoms with Crippen LogP contribution in [0, 0.1) is 0 Å². The van der Waals surface area contributed by atoms with E-state index in [1.807, 2.05) is 18.2 Å². The molecule has 1 aromatic rings. The lowest BCUT2D eigenvalue weighted by Crippen LogP contribution is -2.39. The predicted molar refractivity (Wildman–Crippen MR) is 68.1 cm³/mol. The van der Waals surface area contributed by atoms with Crippen LogP contribution in [-0.4, -0.2) is 29.8 Å². The van der Waals surface area contributed by atoms with Crippen molar-refractivity contribution in [2.45, 2.75) is 31.7 Å². The standard InChI is InChI=1S/C13H18N2O4/c14-15-13(17)12-5-4-11(19-12)8-18-10-3-1-2-9(6-10)7-16/h1-3,6,11-12,16H,4-5,7-8,14H2,(H,15,17). The first kappa shape index (κ1) is 13.8. The van der Waals surface area contributed by atoms with Crippen LogP contribution in [-0.2, 0) is 16.1 Å². The van der Waals surface area contributed by atoms with Gasteiger partial charge in [0.2, 0.25) is 0 Å². The van der Waals surface area contributed by atoms with Gasteiger partial charge >= 0.3 is 0 Å². The van der Waals surface area contributed by atoms with E-state index in [1.54, 1.807) is 6.07 Å². The van der Waals surface area contributed by atoms with Crippen LogP contribution < -0.4 is 16.0 Å². The van der Waals surface area contributed by atoms with Crippen molar-refractivity contribution in [3.63, 3.8) is 0 Å². The molecule has 0 spiro atoms. The molecule has 4 N–H and O–H groups in total. The summed E-state index contributed by atoms with van der Waals surface area (Å²) in [4.78, 5) is 11.3. The Morgan fingerprint density at radius 2 is 2.37 bits per heavy atom. The Bertz CT molecular complexity index is 438. The molecule has 0 aliphatic carbocycles. The maximum absolute atomic E-state index is 11.3. The summed E-state index contributed by atoms with van der Waals surface area (Å²) < 4.78 is 11.1. The lowest BCUT2D eigenvalue weighted by atomic mass is 10.2. The molecule has 19 heavy (non-hydrogen) atoms. The fourth-order valence-corrected chi connectivity index (χ4v) is 2.04. The zero-order valence-corrected chi connectivity index (χ0v) is 10.5. The summed E-state index contributed by atoms with van der Waals surface area (Å²) in [6.07, 6.45) is 0.813. The van der Waals surface area contributed by atoms with Crippen molar-refractivity contribution in [3.8, 4) is 5.75 Å². The molecule has 1 amide bonds. The molecule has 2 unspecified atom stereocenters. The first-order valence-electron chi connectivity index (χ1n) is 6.21. The highest BCUT2D eigenvalue weighted by molar-refractivity contribution is 5.80. The Balaban J connectivity index is 1.81. The highest BCUT2D eigenvalue weighted by atomic mass is 16.5. The number of aliphatic hydroxyl groups excluding tert-OH is 1. The number of amides is 1. The minimum absolute atomic E-state index is 0.0180. The predicted octanol–water partition coefficient (Wildman–Crippen LogP) is 0.0952. The minimum Gasteiger partial charge on any atom is -0.491 e. The van der Waals surface area contributed by atoms with Crippen molar-refractivity contribution in [1.82, 2.24) is 5.43 Å². The summed E-state index contributed by atoms with van der Waals surface area (Å²) in [5, 5.41) is 9.03. The number of nitrogens with one attached hydrogen (secondary N) is 1. The van der Waals surface area contributed by atoms with E-state index in [-0.39, 0.29) is 18.6 Å². The van der Waals surface area contributed by atoms with Gasteiger partial charge in [0, 0.05) is 0 Å². The van der Waals surface area contributed by atoms with Crippen LogP contribution in [0.15, 0.2) is 24.3 Å². The molecule has 0 bridgehead atoms. The quantitative estimate of drug-likeness (QED) is 0.399. The molecule has 0 radical (unpaired) electrons. The van der Waals surface area contributed by atoms with Gasteiger partial charge in [-0.25, -0.2) is 5.84 Å². The monoisotopic (exact) mass is 266 g/mol. The van der Waals surface area contributed by atoms with Crippen molar-refractivity contribution in [2.24, 2.45) is 5.84 Å². The lowest BCUT2D eigenvalue weighted by Gasteiger charge is -2.14. The summed E-state index contributed by atoms with van der Waals surface area (Å²) >= 11 is 0. The molecule has 2 atom stereocenters. The van der Waals surface area contributed by atoms with Crippen molar-refractivity contribution in [1.29, 1.82) is 0 Å². The highest BCUT2D eigenvalue weighted by Gasteiger charge is 2.30. The molecule has 1 fully saturated rings. The number of hydrazine groups is 1. The maximum Gasteiger partial charge on any atom is 0.263 e. The normalized spacial score (nSPS) is 22.2. The molecular weight excluding hydrogens is 248 g/mol. The van der Waals surface area contributed by atoms with Gasteiger partial charge in [-0.05, 0) is 30.5 Å². The van der Waals surface area contributed by atoms with Gasteiger partial charge in [0.1, 0.15) is 18.5 Å². The smallest absolute Gasteiger partial charge is 0.263 e. The van der Waals surface area contributed by atoms with Gasteiger partial charge in [-0.2, -0.15) is 0 Å². The van der Waals surface area contributed by atoms with Crippen LogP contribution in [0.5, 0.6) is 5.75 Å². The van der Waals surface area contributed by atoms with E-state index >= 15 is 0 Å². The number of aliphatic hydroxyl groups is 1. The Labute approximate surface area is 111 Å². The minimum atomic E-state index is -0.484. The highest BCUT2D eigenvalue weighted by Crippen LogP contribution is 2.21. The zero-order chi connectivity index (χ0) is 13.7. The van der Waals surface area contributed by atoms with E-state index in [9.17, 15) is 4.79 Å². The van der Waals surface area contributed by atoms with Gasteiger partial charge in [-0.1, -0.05) is 12.1 Å². The molecule has 1 saturated heterocycles. The van der Waals surface area contributed by atoms with E-state index in [1.165, 1.54) is 0 Å². The first-order valence-corrected chi connectivity index (χ1v) is 6.21. The Morgan fingerprint density at radius 3 is 3.11 bits per heavy atom. The number of ether oxygens (including phenoxy) is 2. The summed E-state index contributed by atoms with van der Waals surface area (Å²) in [5.41, 5.74) is 2.88.